The summed E-state index contributed by atoms with van der Waals surface area (Å²) >= 11 is 6.28. The molecule has 1 saturated heterocycles. The van der Waals surface area contributed by atoms with E-state index in [1.807, 2.05) is 60.1 Å². The first-order valence-electron chi connectivity index (χ1n) is 10.0. The molecule has 28 heavy (non-hydrogen) atoms. The first kappa shape index (κ1) is 19.0. The number of aromatic nitrogens is 2. The summed E-state index contributed by atoms with van der Waals surface area (Å²) in [6, 6.07) is 16.0. The van der Waals surface area contributed by atoms with Crippen LogP contribution in [0.4, 0.5) is 0 Å². The maximum atomic E-state index is 13.4. The molecule has 0 spiro atoms. The van der Waals surface area contributed by atoms with Gasteiger partial charge in [0.2, 0.25) is 5.91 Å². The molecule has 0 radical (unpaired) electrons. The number of carbonyl (C=O) groups excluding carboxylic acids is 1. The molecular formula is C23H26ClN3O. The van der Waals surface area contributed by atoms with Crippen LogP contribution in [0.3, 0.4) is 0 Å². The molecule has 1 amide bonds. The molecule has 5 heteroatoms. The fraction of sp³-hybridized carbons (Fsp3) is 0.391. The standard InChI is InChI=1S/C23H26ClN3O/c1-15-8-7-9-16(2)26(15)23(28)17(3)27-21-13-12-19(24)14-20(21)22(25-27)18-10-5-4-6-11-18/h4-6,10-17H,7-9H2,1-3H3/t15-,16+,17-/m0/s1. The van der Waals surface area contributed by atoms with Gasteiger partial charge in [0.15, 0.2) is 0 Å². The summed E-state index contributed by atoms with van der Waals surface area (Å²) in [6.07, 6.45) is 3.31. The average molecular weight is 396 g/mol. The van der Waals surface area contributed by atoms with Crippen LogP contribution >= 0.6 is 11.6 Å². The van der Waals surface area contributed by atoms with Crippen LogP contribution in [0, 0.1) is 0 Å². The van der Waals surface area contributed by atoms with Gasteiger partial charge in [-0.05, 0) is 58.2 Å². The number of rotatable bonds is 3. The van der Waals surface area contributed by atoms with E-state index in [4.69, 9.17) is 16.7 Å². The van der Waals surface area contributed by atoms with Gasteiger partial charge in [-0.3, -0.25) is 9.48 Å². The second kappa shape index (κ2) is 7.59. The van der Waals surface area contributed by atoms with Crippen LogP contribution in [0.1, 0.15) is 46.1 Å². The highest BCUT2D eigenvalue weighted by Crippen LogP contribution is 2.33. The van der Waals surface area contributed by atoms with Gasteiger partial charge in [0.1, 0.15) is 11.7 Å². The fourth-order valence-corrected chi connectivity index (χ4v) is 4.57. The van der Waals surface area contributed by atoms with E-state index in [0.29, 0.717) is 5.02 Å². The van der Waals surface area contributed by atoms with Gasteiger partial charge in [0.25, 0.3) is 0 Å². The van der Waals surface area contributed by atoms with Crippen LogP contribution in [-0.2, 0) is 4.79 Å². The van der Waals surface area contributed by atoms with E-state index in [0.717, 1.165) is 35.0 Å². The zero-order valence-corrected chi connectivity index (χ0v) is 17.4. The van der Waals surface area contributed by atoms with Crippen molar-refractivity contribution in [1.82, 2.24) is 14.7 Å². The second-order valence-electron chi connectivity index (χ2n) is 7.87. The predicted molar refractivity (Wildman–Crippen MR) is 115 cm³/mol. The minimum Gasteiger partial charge on any atom is -0.335 e. The highest BCUT2D eigenvalue weighted by atomic mass is 35.5. The third-order valence-electron chi connectivity index (χ3n) is 5.89. The van der Waals surface area contributed by atoms with E-state index < -0.39 is 0 Å². The molecule has 146 valence electrons. The Morgan fingerprint density at radius 2 is 1.79 bits per heavy atom. The number of hydrogen-bond donors (Lipinski definition) is 0. The Labute approximate surface area is 171 Å². The zero-order valence-electron chi connectivity index (χ0n) is 16.6. The van der Waals surface area contributed by atoms with Crippen molar-refractivity contribution in [2.24, 2.45) is 0 Å². The summed E-state index contributed by atoms with van der Waals surface area (Å²) in [7, 11) is 0. The van der Waals surface area contributed by atoms with Crippen molar-refractivity contribution in [2.75, 3.05) is 0 Å². The van der Waals surface area contributed by atoms with E-state index in [9.17, 15) is 4.79 Å². The van der Waals surface area contributed by atoms with E-state index in [2.05, 4.69) is 18.7 Å². The Morgan fingerprint density at radius 3 is 2.46 bits per heavy atom. The molecule has 1 aliphatic heterocycles. The molecule has 2 aromatic carbocycles. The van der Waals surface area contributed by atoms with Gasteiger partial charge < -0.3 is 4.90 Å². The number of likely N-dealkylation sites (tertiary alicyclic amines) is 1. The highest BCUT2D eigenvalue weighted by Gasteiger charge is 2.33. The summed E-state index contributed by atoms with van der Waals surface area (Å²) in [5, 5.41) is 6.52. The molecule has 0 bridgehead atoms. The Hall–Kier alpha value is -2.33. The molecule has 3 aromatic rings. The third-order valence-corrected chi connectivity index (χ3v) is 6.12. The number of nitrogens with zero attached hydrogens (tertiary/aromatic N) is 3. The average Bonchev–Trinajstić information content (AvgIpc) is 3.06. The second-order valence-corrected chi connectivity index (χ2v) is 8.31. The van der Waals surface area contributed by atoms with Crippen molar-refractivity contribution in [3.8, 4) is 11.3 Å². The highest BCUT2D eigenvalue weighted by molar-refractivity contribution is 6.31. The van der Waals surface area contributed by atoms with Crippen molar-refractivity contribution in [3.63, 3.8) is 0 Å². The normalized spacial score (nSPS) is 21.1. The summed E-state index contributed by atoms with van der Waals surface area (Å²) in [4.78, 5) is 15.5. The molecule has 0 saturated carbocycles. The quantitative estimate of drug-likeness (QED) is 0.569. The van der Waals surface area contributed by atoms with Crippen molar-refractivity contribution in [1.29, 1.82) is 0 Å². The van der Waals surface area contributed by atoms with Gasteiger partial charge in [-0.25, -0.2) is 0 Å². The number of benzene rings is 2. The molecule has 3 atom stereocenters. The van der Waals surface area contributed by atoms with E-state index in [1.54, 1.807) is 0 Å². The Kier molecular flexibility index (Phi) is 5.15. The molecule has 4 rings (SSSR count). The van der Waals surface area contributed by atoms with Crippen LogP contribution in [0.5, 0.6) is 0 Å². The number of amides is 1. The number of carbonyl (C=O) groups is 1. The molecule has 0 aliphatic carbocycles. The molecule has 1 fully saturated rings. The third kappa shape index (κ3) is 3.30. The topological polar surface area (TPSA) is 38.1 Å². The summed E-state index contributed by atoms with van der Waals surface area (Å²) in [5.41, 5.74) is 2.81. The number of piperidine rings is 1. The van der Waals surface area contributed by atoms with Gasteiger partial charge in [-0.15, -0.1) is 0 Å². The zero-order chi connectivity index (χ0) is 19.8. The van der Waals surface area contributed by atoms with Crippen molar-refractivity contribution in [3.05, 3.63) is 53.6 Å². The van der Waals surface area contributed by atoms with E-state index >= 15 is 0 Å². The van der Waals surface area contributed by atoms with Crippen LogP contribution in [0.25, 0.3) is 22.2 Å². The molecule has 0 unspecified atom stereocenters. The Balaban J connectivity index is 1.79. The lowest BCUT2D eigenvalue weighted by Gasteiger charge is -2.40. The first-order chi connectivity index (χ1) is 13.5. The van der Waals surface area contributed by atoms with Gasteiger partial charge in [0.05, 0.1) is 5.52 Å². The van der Waals surface area contributed by atoms with Crippen LogP contribution in [-0.4, -0.2) is 32.7 Å². The van der Waals surface area contributed by atoms with Gasteiger partial charge in [0, 0.05) is 28.1 Å². The SMILES string of the molecule is C[C@@H]1CCC[C@H](C)N1C(=O)[C@H](C)n1nc(-c2ccccc2)c2cc(Cl)ccc21. The van der Waals surface area contributed by atoms with Crippen LogP contribution in [0.2, 0.25) is 5.02 Å². The van der Waals surface area contributed by atoms with Gasteiger partial charge in [-0.1, -0.05) is 41.9 Å². The first-order valence-corrected chi connectivity index (χ1v) is 10.4. The maximum absolute atomic E-state index is 13.4. The van der Waals surface area contributed by atoms with Crippen molar-refractivity contribution in [2.45, 2.75) is 58.2 Å². The lowest BCUT2D eigenvalue weighted by Crippen LogP contribution is -2.49. The molecule has 2 heterocycles. The van der Waals surface area contributed by atoms with Gasteiger partial charge in [-0.2, -0.15) is 5.10 Å². The largest absolute Gasteiger partial charge is 0.335 e. The maximum Gasteiger partial charge on any atom is 0.247 e. The van der Waals surface area contributed by atoms with E-state index in [-0.39, 0.29) is 24.0 Å². The number of hydrogen-bond acceptors (Lipinski definition) is 2. The lowest BCUT2D eigenvalue weighted by atomic mass is 9.96. The monoisotopic (exact) mass is 395 g/mol. The molecule has 0 N–H and O–H groups in total. The van der Waals surface area contributed by atoms with Crippen molar-refractivity contribution >= 4 is 28.4 Å². The lowest BCUT2D eigenvalue weighted by molar-refractivity contribution is -0.140. The molecular weight excluding hydrogens is 370 g/mol. The Bertz CT molecular complexity index is 988. The molecule has 4 nitrogen and oxygen atoms in total. The minimum absolute atomic E-state index is 0.138. The minimum atomic E-state index is -0.371. The Morgan fingerprint density at radius 1 is 1.11 bits per heavy atom. The van der Waals surface area contributed by atoms with E-state index in [1.165, 1.54) is 6.42 Å². The van der Waals surface area contributed by atoms with Crippen LogP contribution in [0.15, 0.2) is 48.5 Å². The summed E-state index contributed by atoms with van der Waals surface area (Å²) in [5.74, 6) is 0.138. The summed E-state index contributed by atoms with van der Waals surface area (Å²) in [6.45, 7) is 6.25. The number of halogens is 1. The fourth-order valence-electron chi connectivity index (χ4n) is 4.39. The predicted octanol–water partition coefficient (Wildman–Crippen LogP) is 5.71. The molecule has 1 aliphatic rings. The molecule has 1 aromatic heterocycles. The van der Waals surface area contributed by atoms with Crippen molar-refractivity contribution < 1.29 is 4.79 Å². The smallest absolute Gasteiger partial charge is 0.247 e. The number of fused-ring (bicyclic) bond motifs is 1. The van der Waals surface area contributed by atoms with Crippen LogP contribution < -0.4 is 0 Å². The summed E-state index contributed by atoms with van der Waals surface area (Å²) < 4.78 is 1.87. The van der Waals surface area contributed by atoms with Gasteiger partial charge >= 0.3 is 0 Å².